The van der Waals surface area contributed by atoms with Gasteiger partial charge in [0.25, 0.3) is 0 Å². The van der Waals surface area contributed by atoms with E-state index in [1.54, 1.807) is 0 Å². The van der Waals surface area contributed by atoms with Crippen molar-refractivity contribution in [1.82, 2.24) is 4.90 Å². The predicted octanol–water partition coefficient (Wildman–Crippen LogP) is 2.21. The van der Waals surface area contributed by atoms with E-state index >= 15 is 0 Å². The molecule has 1 aromatic carbocycles. The quantitative estimate of drug-likeness (QED) is 0.844. The second kappa shape index (κ2) is 6.12. The molecule has 3 rings (SSSR count). The highest BCUT2D eigenvalue weighted by Gasteiger charge is 2.39. The van der Waals surface area contributed by atoms with Crippen LogP contribution in [0.15, 0.2) is 24.3 Å². The number of benzene rings is 1. The lowest BCUT2D eigenvalue weighted by molar-refractivity contribution is -0.185. The van der Waals surface area contributed by atoms with Crippen molar-refractivity contribution < 1.29 is 14.2 Å². The van der Waals surface area contributed by atoms with Crippen LogP contribution in [0.4, 0.5) is 0 Å². The Morgan fingerprint density at radius 3 is 2.40 bits per heavy atom. The van der Waals surface area contributed by atoms with Crippen molar-refractivity contribution in [3.63, 3.8) is 0 Å². The van der Waals surface area contributed by atoms with Gasteiger partial charge in [0, 0.05) is 32.5 Å². The van der Waals surface area contributed by atoms with Crippen molar-refractivity contribution in [2.45, 2.75) is 25.6 Å². The second-order valence-electron chi connectivity index (χ2n) is 5.61. The third-order valence-electron chi connectivity index (χ3n) is 4.13. The van der Waals surface area contributed by atoms with Crippen molar-refractivity contribution in [3.05, 3.63) is 29.8 Å². The van der Waals surface area contributed by atoms with Crippen LogP contribution in [0.5, 0.6) is 5.75 Å². The molecule has 0 unspecified atom stereocenters. The number of rotatable bonds is 4. The van der Waals surface area contributed by atoms with Gasteiger partial charge in [-0.1, -0.05) is 17.7 Å². The van der Waals surface area contributed by atoms with Gasteiger partial charge in [0.2, 0.25) is 0 Å². The number of piperidine rings is 1. The molecule has 0 saturated carbocycles. The molecule has 2 heterocycles. The van der Waals surface area contributed by atoms with Crippen molar-refractivity contribution >= 4 is 0 Å². The maximum Gasteiger partial charge on any atom is 0.170 e. The van der Waals surface area contributed by atoms with E-state index < -0.39 is 0 Å². The zero-order valence-electron chi connectivity index (χ0n) is 12.1. The second-order valence-corrected chi connectivity index (χ2v) is 5.61. The summed E-state index contributed by atoms with van der Waals surface area (Å²) in [5.41, 5.74) is 1.26. The van der Waals surface area contributed by atoms with Gasteiger partial charge in [-0.25, -0.2) is 0 Å². The first-order valence-corrected chi connectivity index (χ1v) is 7.46. The topological polar surface area (TPSA) is 30.9 Å². The Hall–Kier alpha value is -1.10. The predicted molar refractivity (Wildman–Crippen MR) is 77.0 cm³/mol. The maximum absolute atomic E-state index is 5.78. The molecule has 0 bridgehead atoms. The summed E-state index contributed by atoms with van der Waals surface area (Å²) in [4.78, 5) is 2.42. The molecule has 110 valence electrons. The molecule has 0 atom stereocenters. The smallest absolute Gasteiger partial charge is 0.170 e. The van der Waals surface area contributed by atoms with Crippen molar-refractivity contribution in [2.24, 2.45) is 0 Å². The largest absolute Gasteiger partial charge is 0.492 e. The Kier molecular flexibility index (Phi) is 4.24. The molecule has 2 aliphatic rings. The first-order valence-electron chi connectivity index (χ1n) is 7.46. The molecule has 2 fully saturated rings. The molecule has 0 radical (unpaired) electrons. The van der Waals surface area contributed by atoms with Crippen LogP contribution in [0, 0.1) is 6.92 Å². The number of hydrogen-bond acceptors (Lipinski definition) is 4. The van der Waals surface area contributed by atoms with Crippen molar-refractivity contribution in [3.8, 4) is 5.75 Å². The third kappa shape index (κ3) is 3.32. The van der Waals surface area contributed by atoms with Gasteiger partial charge in [-0.05, 0) is 19.1 Å². The van der Waals surface area contributed by atoms with Crippen LogP contribution in [0.3, 0.4) is 0 Å². The highest BCUT2D eigenvalue weighted by molar-refractivity contribution is 5.26. The summed E-state index contributed by atoms with van der Waals surface area (Å²) in [7, 11) is 0. The molecule has 1 aromatic rings. The van der Waals surface area contributed by atoms with Crippen LogP contribution < -0.4 is 4.74 Å². The van der Waals surface area contributed by atoms with E-state index in [4.69, 9.17) is 14.2 Å². The van der Waals surface area contributed by atoms with Gasteiger partial charge in [0.1, 0.15) is 12.4 Å². The summed E-state index contributed by atoms with van der Waals surface area (Å²) in [5.74, 6) is 0.681. The fourth-order valence-electron chi connectivity index (χ4n) is 2.83. The Morgan fingerprint density at radius 1 is 1.10 bits per heavy atom. The Bertz CT molecular complexity index is 416. The van der Waals surface area contributed by atoms with Crippen LogP contribution in [0.25, 0.3) is 0 Å². The van der Waals surface area contributed by atoms with Gasteiger partial charge in [-0.2, -0.15) is 0 Å². The lowest BCUT2D eigenvalue weighted by Crippen LogP contribution is -2.46. The number of likely N-dealkylation sites (tertiary alicyclic amines) is 1. The molecular weight excluding hydrogens is 254 g/mol. The van der Waals surface area contributed by atoms with Gasteiger partial charge >= 0.3 is 0 Å². The first kappa shape index (κ1) is 13.9. The molecule has 4 heteroatoms. The average molecular weight is 277 g/mol. The average Bonchev–Trinajstić information content (AvgIpc) is 2.92. The number of nitrogens with zero attached hydrogens (tertiary/aromatic N) is 1. The minimum Gasteiger partial charge on any atom is -0.492 e. The number of ether oxygens (including phenoxy) is 3. The minimum absolute atomic E-state index is 0.270. The van der Waals surface area contributed by atoms with E-state index in [1.807, 2.05) is 12.1 Å². The fraction of sp³-hybridized carbons (Fsp3) is 0.625. The molecule has 0 aliphatic carbocycles. The van der Waals surface area contributed by atoms with Crippen molar-refractivity contribution in [1.29, 1.82) is 0 Å². The van der Waals surface area contributed by atoms with Crippen LogP contribution in [0.2, 0.25) is 0 Å². The molecule has 1 spiro atoms. The first-order chi connectivity index (χ1) is 9.76. The molecular formula is C16H23NO3. The molecule has 20 heavy (non-hydrogen) atoms. The van der Waals surface area contributed by atoms with E-state index in [2.05, 4.69) is 24.0 Å². The molecule has 2 aliphatic heterocycles. The normalized spacial score (nSPS) is 22.2. The zero-order valence-corrected chi connectivity index (χ0v) is 12.1. The van der Waals surface area contributed by atoms with E-state index in [-0.39, 0.29) is 5.79 Å². The lowest BCUT2D eigenvalue weighted by atomic mass is 10.0. The van der Waals surface area contributed by atoms with E-state index in [0.717, 1.165) is 58.0 Å². The minimum atomic E-state index is -0.270. The number of hydrogen-bond donors (Lipinski definition) is 0. The van der Waals surface area contributed by atoms with Crippen LogP contribution in [0.1, 0.15) is 18.4 Å². The lowest BCUT2D eigenvalue weighted by Gasteiger charge is -2.37. The molecule has 0 aromatic heterocycles. The molecule has 2 saturated heterocycles. The van der Waals surface area contributed by atoms with Gasteiger partial charge in [-0.15, -0.1) is 0 Å². The molecule has 4 nitrogen and oxygen atoms in total. The van der Waals surface area contributed by atoms with E-state index in [1.165, 1.54) is 5.56 Å². The highest BCUT2D eigenvalue weighted by atomic mass is 16.7. The van der Waals surface area contributed by atoms with Crippen LogP contribution in [-0.2, 0) is 9.47 Å². The monoisotopic (exact) mass is 277 g/mol. The van der Waals surface area contributed by atoms with Gasteiger partial charge in [0.15, 0.2) is 5.79 Å². The summed E-state index contributed by atoms with van der Waals surface area (Å²) < 4.78 is 17.2. The zero-order chi connectivity index (χ0) is 13.8. The van der Waals surface area contributed by atoms with E-state index in [0.29, 0.717) is 0 Å². The van der Waals surface area contributed by atoms with Crippen LogP contribution in [-0.4, -0.2) is 50.1 Å². The summed E-state index contributed by atoms with van der Waals surface area (Å²) in [5, 5.41) is 0. The van der Waals surface area contributed by atoms with E-state index in [9.17, 15) is 0 Å². The summed E-state index contributed by atoms with van der Waals surface area (Å²) in [6, 6.07) is 8.21. The fourth-order valence-corrected chi connectivity index (χ4v) is 2.83. The van der Waals surface area contributed by atoms with Gasteiger partial charge in [-0.3, -0.25) is 4.90 Å². The third-order valence-corrected chi connectivity index (χ3v) is 4.13. The summed E-state index contributed by atoms with van der Waals surface area (Å²) >= 11 is 0. The standard InChI is InChI=1S/C16H23NO3/c1-14-2-4-15(5-3-14)18-11-10-17-8-6-16(7-9-17)19-12-13-20-16/h2-5H,6-13H2,1H3. The number of aryl methyl sites for hydroxylation is 1. The van der Waals surface area contributed by atoms with Crippen molar-refractivity contribution in [2.75, 3.05) is 39.5 Å². The maximum atomic E-state index is 5.78. The Morgan fingerprint density at radius 2 is 1.75 bits per heavy atom. The molecule has 0 amide bonds. The highest BCUT2D eigenvalue weighted by Crippen LogP contribution is 2.31. The van der Waals surface area contributed by atoms with Crippen LogP contribution >= 0.6 is 0 Å². The summed E-state index contributed by atoms with van der Waals surface area (Å²) in [6.45, 7) is 7.32. The molecule has 0 N–H and O–H groups in total. The summed E-state index contributed by atoms with van der Waals surface area (Å²) in [6.07, 6.45) is 1.94. The SMILES string of the molecule is Cc1ccc(OCCN2CCC3(CC2)OCCO3)cc1. The Balaban J connectivity index is 1.38. The van der Waals surface area contributed by atoms with Gasteiger partial charge < -0.3 is 14.2 Å². The van der Waals surface area contributed by atoms with Gasteiger partial charge in [0.05, 0.1) is 13.2 Å². The Labute approximate surface area is 120 Å².